The van der Waals surface area contributed by atoms with Crippen LogP contribution in [0.3, 0.4) is 0 Å². The van der Waals surface area contributed by atoms with Crippen LogP contribution in [-0.2, 0) is 0 Å². The van der Waals surface area contributed by atoms with Crippen LogP contribution in [0, 0.1) is 0 Å². The van der Waals surface area contributed by atoms with Crippen molar-refractivity contribution in [3.63, 3.8) is 0 Å². The molecule has 0 atom stereocenters. The zero-order valence-corrected chi connectivity index (χ0v) is 7.21. The average molecular weight is 195 g/mol. The summed E-state index contributed by atoms with van der Waals surface area (Å²) in [4.78, 5) is 0.632. The van der Waals surface area contributed by atoms with Crippen LogP contribution in [0.15, 0.2) is 17.0 Å². The van der Waals surface area contributed by atoms with Crippen molar-refractivity contribution >= 4 is 35.8 Å². The summed E-state index contributed by atoms with van der Waals surface area (Å²) in [5, 5.41) is 9.47. The van der Waals surface area contributed by atoms with Gasteiger partial charge in [0.05, 0.1) is 10.0 Å². The quantitative estimate of drug-likeness (QED) is 0.609. The molecule has 0 saturated heterocycles. The molecule has 0 radical (unpaired) electrons. The highest BCUT2D eigenvalue weighted by Crippen LogP contribution is 2.33. The van der Waals surface area contributed by atoms with E-state index in [9.17, 15) is 0 Å². The molecule has 4 heteroatoms. The molecule has 54 valence electrons. The predicted octanol–water partition coefficient (Wildman–Crippen LogP) is 2.99. The Kier molecular flexibility index (Phi) is 2.34. The average Bonchev–Trinajstić information content (AvgIpc) is 1.82. The molecule has 10 heavy (non-hydrogen) atoms. The van der Waals surface area contributed by atoms with Gasteiger partial charge in [0.2, 0.25) is 0 Å². The van der Waals surface area contributed by atoms with Crippen LogP contribution in [0.25, 0.3) is 0 Å². The van der Waals surface area contributed by atoms with Gasteiger partial charge in [-0.3, -0.25) is 0 Å². The second-order valence-corrected chi connectivity index (χ2v) is 3.09. The number of hydrogen-bond acceptors (Lipinski definition) is 2. The van der Waals surface area contributed by atoms with Crippen LogP contribution in [0.2, 0.25) is 10.0 Å². The summed E-state index contributed by atoms with van der Waals surface area (Å²) in [6, 6.07) is 3.04. The number of hydrogen-bond donors (Lipinski definition) is 2. The van der Waals surface area contributed by atoms with Crippen molar-refractivity contribution in [1.29, 1.82) is 0 Å². The van der Waals surface area contributed by atoms with E-state index >= 15 is 0 Å². The Bertz CT molecular complexity index is 239. The number of thiol groups is 1. The number of rotatable bonds is 0. The summed E-state index contributed by atoms with van der Waals surface area (Å²) in [5.41, 5.74) is 0. The molecule has 0 unspecified atom stereocenters. The van der Waals surface area contributed by atoms with Crippen molar-refractivity contribution in [3.8, 4) is 5.75 Å². The smallest absolute Gasteiger partial charge is 0.152 e. The Hall–Kier alpha value is -0.0500. The van der Waals surface area contributed by atoms with Gasteiger partial charge in [0, 0.05) is 4.90 Å². The first kappa shape index (κ1) is 8.05. The van der Waals surface area contributed by atoms with Crippen molar-refractivity contribution in [3.05, 3.63) is 22.2 Å². The molecule has 0 heterocycles. The van der Waals surface area contributed by atoms with Crippen molar-refractivity contribution in [2.75, 3.05) is 0 Å². The summed E-state index contributed by atoms with van der Waals surface area (Å²) >= 11 is 15.1. The van der Waals surface area contributed by atoms with Gasteiger partial charge in [0.15, 0.2) is 5.75 Å². The van der Waals surface area contributed by atoms with Crippen LogP contribution in [-0.4, -0.2) is 5.11 Å². The van der Waals surface area contributed by atoms with Gasteiger partial charge in [0.25, 0.3) is 0 Å². The zero-order chi connectivity index (χ0) is 7.72. The predicted molar refractivity (Wildman–Crippen MR) is 45.4 cm³/mol. The number of benzene rings is 1. The van der Waals surface area contributed by atoms with E-state index in [0.717, 1.165) is 0 Å². The number of halogens is 2. The standard InChI is InChI=1S/C6H4Cl2OS/c7-4-1-3(10)2-5(8)6(4)9/h1-2,9-10H. The van der Waals surface area contributed by atoms with Gasteiger partial charge in [-0.25, -0.2) is 0 Å². The Balaban J connectivity index is 3.31. The first-order chi connectivity index (χ1) is 4.61. The van der Waals surface area contributed by atoms with Gasteiger partial charge in [-0.05, 0) is 12.1 Å². The van der Waals surface area contributed by atoms with Gasteiger partial charge in [-0.2, -0.15) is 0 Å². The monoisotopic (exact) mass is 194 g/mol. The molecule has 1 N–H and O–H groups in total. The van der Waals surface area contributed by atoms with E-state index in [1.807, 2.05) is 0 Å². The molecule has 0 amide bonds. The first-order valence-electron chi connectivity index (χ1n) is 2.48. The molecule has 1 aromatic carbocycles. The van der Waals surface area contributed by atoms with E-state index < -0.39 is 0 Å². The SMILES string of the molecule is Oc1c(Cl)cc(S)cc1Cl. The number of phenols is 1. The maximum Gasteiger partial charge on any atom is 0.152 e. The lowest BCUT2D eigenvalue weighted by atomic mass is 10.3. The van der Waals surface area contributed by atoms with Gasteiger partial charge < -0.3 is 5.11 Å². The summed E-state index contributed by atoms with van der Waals surface area (Å²) in [6.07, 6.45) is 0. The number of phenolic OH excluding ortho intramolecular Hbond substituents is 1. The van der Waals surface area contributed by atoms with Crippen LogP contribution in [0.4, 0.5) is 0 Å². The number of aromatic hydroxyl groups is 1. The van der Waals surface area contributed by atoms with Gasteiger partial charge in [-0.15, -0.1) is 12.6 Å². The van der Waals surface area contributed by atoms with Crippen LogP contribution < -0.4 is 0 Å². The fraction of sp³-hybridized carbons (Fsp3) is 0. The third-order valence-electron chi connectivity index (χ3n) is 1.00. The van der Waals surface area contributed by atoms with E-state index in [1.54, 1.807) is 0 Å². The van der Waals surface area contributed by atoms with E-state index in [1.165, 1.54) is 12.1 Å². The lowest BCUT2D eigenvalue weighted by Crippen LogP contribution is -1.71. The minimum atomic E-state index is -0.0962. The maximum atomic E-state index is 9.03. The largest absolute Gasteiger partial charge is 0.505 e. The summed E-state index contributed by atoms with van der Waals surface area (Å²) in [6.45, 7) is 0. The molecule has 0 aliphatic rings. The lowest BCUT2D eigenvalue weighted by Gasteiger charge is -1.99. The van der Waals surface area contributed by atoms with Crippen LogP contribution in [0.1, 0.15) is 0 Å². The summed E-state index contributed by atoms with van der Waals surface area (Å²) < 4.78 is 0. The highest BCUT2D eigenvalue weighted by molar-refractivity contribution is 7.80. The summed E-state index contributed by atoms with van der Waals surface area (Å²) in [7, 11) is 0. The fourth-order valence-corrected chi connectivity index (χ4v) is 1.45. The minimum absolute atomic E-state index is 0.0962. The van der Waals surface area contributed by atoms with Crippen molar-refractivity contribution in [2.24, 2.45) is 0 Å². The Morgan fingerprint density at radius 2 is 1.60 bits per heavy atom. The molecule has 0 aliphatic carbocycles. The lowest BCUT2D eigenvalue weighted by molar-refractivity contribution is 0.475. The van der Waals surface area contributed by atoms with Gasteiger partial charge in [-0.1, -0.05) is 23.2 Å². The maximum absolute atomic E-state index is 9.03. The normalized spacial score (nSPS) is 9.90. The third-order valence-corrected chi connectivity index (χ3v) is 1.84. The molecular formula is C6H4Cl2OS. The van der Waals surface area contributed by atoms with Gasteiger partial charge in [0.1, 0.15) is 0 Å². The fourth-order valence-electron chi connectivity index (χ4n) is 0.552. The van der Waals surface area contributed by atoms with Crippen molar-refractivity contribution < 1.29 is 5.11 Å². The molecule has 0 saturated carbocycles. The Labute approximate surface area is 74.0 Å². The van der Waals surface area contributed by atoms with E-state index in [2.05, 4.69) is 12.6 Å². The summed E-state index contributed by atoms with van der Waals surface area (Å²) in [5.74, 6) is -0.0962. The van der Waals surface area contributed by atoms with Gasteiger partial charge >= 0.3 is 0 Å². The third kappa shape index (κ3) is 1.51. The topological polar surface area (TPSA) is 20.2 Å². The highest BCUT2D eigenvalue weighted by atomic mass is 35.5. The molecule has 0 aliphatic heterocycles. The molecule has 0 spiro atoms. The molecule has 1 aromatic rings. The van der Waals surface area contributed by atoms with E-state index in [0.29, 0.717) is 4.90 Å². The van der Waals surface area contributed by atoms with Crippen molar-refractivity contribution in [2.45, 2.75) is 4.90 Å². The van der Waals surface area contributed by atoms with Crippen LogP contribution >= 0.6 is 35.8 Å². The molecular weight excluding hydrogens is 191 g/mol. The molecule has 0 aromatic heterocycles. The zero-order valence-electron chi connectivity index (χ0n) is 4.81. The van der Waals surface area contributed by atoms with Crippen molar-refractivity contribution in [1.82, 2.24) is 0 Å². The van der Waals surface area contributed by atoms with Crippen LogP contribution in [0.5, 0.6) is 5.75 Å². The Morgan fingerprint density at radius 3 is 2.00 bits per heavy atom. The molecule has 1 rings (SSSR count). The first-order valence-corrected chi connectivity index (χ1v) is 3.68. The molecule has 1 nitrogen and oxygen atoms in total. The second-order valence-electron chi connectivity index (χ2n) is 1.76. The highest BCUT2D eigenvalue weighted by Gasteiger charge is 2.03. The minimum Gasteiger partial charge on any atom is -0.505 e. The van der Waals surface area contributed by atoms with E-state index in [-0.39, 0.29) is 15.8 Å². The second kappa shape index (κ2) is 2.91. The molecule has 0 fully saturated rings. The Morgan fingerprint density at radius 1 is 1.20 bits per heavy atom. The van der Waals surface area contributed by atoms with E-state index in [4.69, 9.17) is 28.3 Å². The molecule has 0 bridgehead atoms.